The molecule has 2 fully saturated rings. The standard InChI is InChI=1S/C12H21B/c13-12-7-3-6-11(12)9-8-10-4-1-2-5-10/h10-12H,1-9H2/t11?,12-/m1/s1. The maximum Gasteiger partial charge on any atom is 0.0703 e. The van der Waals surface area contributed by atoms with Gasteiger partial charge >= 0.3 is 0 Å². The van der Waals surface area contributed by atoms with Crippen LogP contribution in [0.4, 0.5) is 0 Å². The van der Waals surface area contributed by atoms with Crippen molar-refractivity contribution < 1.29 is 0 Å². The molecule has 2 aliphatic rings. The lowest BCUT2D eigenvalue weighted by Crippen LogP contribution is -2.04. The lowest BCUT2D eigenvalue weighted by molar-refractivity contribution is 0.403. The fourth-order valence-electron chi connectivity index (χ4n) is 3.17. The van der Waals surface area contributed by atoms with Crippen LogP contribution in [0.1, 0.15) is 57.8 Å². The van der Waals surface area contributed by atoms with Gasteiger partial charge in [0.05, 0.1) is 7.85 Å². The Morgan fingerprint density at radius 2 is 1.62 bits per heavy atom. The Bertz CT molecular complexity index is 149. The average molecular weight is 176 g/mol. The van der Waals surface area contributed by atoms with Gasteiger partial charge in [0.25, 0.3) is 0 Å². The maximum absolute atomic E-state index is 6.06. The summed E-state index contributed by atoms with van der Waals surface area (Å²) in [5, 5.41) is 0. The van der Waals surface area contributed by atoms with Gasteiger partial charge in [0.15, 0.2) is 0 Å². The van der Waals surface area contributed by atoms with Crippen molar-refractivity contribution in [3.8, 4) is 0 Å². The largest absolute Gasteiger partial charge is 0.0746 e. The van der Waals surface area contributed by atoms with Gasteiger partial charge in [-0.25, -0.2) is 0 Å². The van der Waals surface area contributed by atoms with Crippen LogP contribution in [0.3, 0.4) is 0 Å². The van der Waals surface area contributed by atoms with E-state index in [0.29, 0.717) is 5.82 Å². The Balaban J connectivity index is 1.66. The van der Waals surface area contributed by atoms with Gasteiger partial charge in [-0.15, -0.1) is 0 Å². The molecule has 0 bridgehead atoms. The second-order valence-corrected chi connectivity index (χ2v) is 5.08. The van der Waals surface area contributed by atoms with E-state index in [1.54, 1.807) is 0 Å². The van der Waals surface area contributed by atoms with Gasteiger partial charge in [-0.1, -0.05) is 63.6 Å². The summed E-state index contributed by atoms with van der Waals surface area (Å²) in [5.41, 5.74) is 0. The van der Waals surface area contributed by atoms with Crippen LogP contribution in [-0.2, 0) is 0 Å². The smallest absolute Gasteiger partial charge is 0.0703 e. The minimum absolute atomic E-state index is 0.543. The molecule has 2 aliphatic carbocycles. The second-order valence-electron chi connectivity index (χ2n) is 5.08. The lowest BCUT2D eigenvalue weighted by Gasteiger charge is -2.17. The van der Waals surface area contributed by atoms with Crippen LogP contribution in [0.2, 0.25) is 5.82 Å². The van der Waals surface area contributed by atoms with Crippen molar-refractivity contribution in [1.82, 2.24) is 0 Å². The molecule has 0 aromatic rings. The first-order chi connectivity index (χ1) is 6.36. The first-order valence-electron chi connectivity index (χ1n) is 6.12. The summed E-state index contributed by atoms with van der Waals surface area (Å²) in [6.45, 7) is 0. The normalized spacial score (nSPS) is 35.7. The average Bonchev–Trinajstić information content (AvgIpc) is 2.72. The predicted molar refractivity (Wildman–Crippen MR) is 58.0 cm³/mol. The quantitative estimate of drug-likeness (QED) is 0.575. The molecule has 0 spiro atoms. The Kier molecular flexibility index (Phi) is 3.35. The van der Waals surface area contributed by atoms with E-state index in [0.717, 1.165) is 11.8 Å². The summed E-state index contributed by atoms with van der Waals surface area (Å²) in [5.74, 6) is 2.48. The van der Waals surface area contributed by atoms with Crippen molar-refractivity contribution in [2.45, 2.75) is 63.6 Å². The van der Waals surface area contributed by atoms with Gasteiger partial charge in [-0.2, -0.15) is 0 Å². The van der Waals surface area contributed by atoms with Crippen molar-refractivity contribution in [2.24, 2.45) is 11.8 Å². The third-order valence-electron chi connectivity index (χ3n) is 4.14. The zero-order valence-corrected chi connectivity index (χ0v) is 8.67. The van der Waals surface area contributed by atoms with Crippen molar-refractivity contribution in [2.75, 3.05) is 0 Å². The summed E-state index contributed by atoms with van der Waals surface area (Å²) in [6.07, 6.45) is 13.0. The Morgan fingerprint density at radius 1 is 0.846 bits per heavy atom. The van der Waals surface area contributed by atoms with Crippen LogP contribution in [0.25, 0.3) is 0 Å². The van der Waals surface area contributed by atoms with Crippen molar-refractivity contribution >= 4 is 7.85 Å². The van der Waals surface area contributed by atoms with Crippen LogP contribution in [0.5, 0.6) is 0 Å². The number of hydrogen-bond acceptors (Lipinski definition) is 0. The Hall–Kier alpha value is 0.0649. The topological polar surface area (TPSA) is 0 Å². The molecule has 0 nitrogen and oxygen atoms in total. The second kappa shape index (κ2) is 4.53. The molecule has 0 N–H and O–H groups in total. The fraction of sp³-hybridized carbons (Fsp3) is 1.00. The first-order valence-corrected chi connectivity index (χ1v) is 6.12. The number of hydrogen-bond donors (Lipinski definition) is 0. The third-order valence-corrected chi connectivity index (χ3v) is 4.14. The molecule has 2 saturated carbocycles. The lowest BCUT2D eigenvalue weighted by atomic mass is 9.76. The molecule has 1 unspecified atom stereocenters. The third kappa shape index (κ3) is 2.51. The molecule has 0 aromatic carbocycles. The molecule has 0 amide bonds. The minimum atomic E-state index is 0.543. The van der Waals surface area contributed by atoms with Gasteiger partial charge in [0, 0.05) is 0 Å². The van der Waals surface area contributed by atoms with Gasteiger partial charge in [0.2, 0.25) is 0 Å². The highest BCUT2D eigenvalue weighted by atomic mass is 14.3. The highest BCUT2D eigenvalue weighted by Crippen LogP contribution is 2.39. The minimum Gasteiger partial charge on any atom is -0.0746 e. The predicted octanol–water partition coefficient (Wildman–Crippen LogP) is 3.71. The van der Waals surface area contributed by atoms with Gasteiger partial charge < -0.3 is 0 Å². The van der Waals surface area contributed by atoms with E-state index in [9.17, 15) is 0 Å². The van der Waals surface area contributed by atoms with E-state index in [-0.39, 0.29) is 0 Å². The van der Waals surface area contributed by atoms with Crippen molar-refractivity contribution in [3.63, 3.8) is 0 Å². The molecule has 2 radical (unpaired) electrons. The molecule has 0 aromatic heterocycles. The van der Waals surface area contributed by atoms with Gasteiger partial charge in [0.1, 0.15) is 0 Å². The summed E-state index contributed by atoms with van der Waals surface area (Å²) in [6, 6.07) is 0. The van der Waals surface area contributed by atoms with Gasteiger partial charge in [-0.3, -0.25) is 0 Å². The molecular weight excluding hydrogens is 155 g/mol. The van der Waals surface area contributed by atoms with Crippen molar-refractivity contribution in [1.29, 1.82) is 0 Å². The van der Waals surface area contributed by atoms with Gasteiger partial charge in [-0.05, 0) is 11.8 Å². The summed E-state index contributed by atoms with van der Waals surface area (Å²) < 4.78 is 0. The van der Waals surface area contributed by atoms with E-state index in [4.69, 9.17) is 7.85 Å². The van der Waals surface area contributed by atoms with Crippen LogP contribution < -0.4 is 0 Å². The van der Waals surface area contributed by atoms with Crippen LogP contribution in [0.15, 0.2) is 0 Å². The van der Waals surface area contributed by atoms with Crippen LogP contribution in [0, 0.1) is 11.8 Å². The van der Waals surface area contributed by atoms with E-state index in [1.807, 2.05) is 0 Å². The molecule has 13 heavy (non-hydrogen) atoms. The van der Waals surface area contributed by atoms with E-state index in [1.165, 1.54) is 57.8 Å². The molecule has 2 rings (SSSR count). The molecule has 0 heterocycles. The molecule has 0 saturated heterocycles. The maximum atomic E-state index is 6.06. The van der Waals surface area contributed by atoms with Crippen LogP contribution in [-0.4, -0.2) is 7.85 Å². The molecule has 72 valence electrons. The molecule has 0 aliphatic heterocycles. The first kappa shape index (κ1) is 9.61. The fourth-order valence-corrected chi connectivity index (χ4v) is 3.17. The summed E-state index contributed by atoms with van der Waals surface area (Å²) in [4.78, 5) is 0. The highest BCUT2D eigenvalue weighted by molar-refractivity contribution is 6.11. The molecule has 1 heteroatoms. The monoisotopic (exact) mass is 176 g/mol. The summed E-state index contributed by atoms with van der Waals surface area (Å²) >= 11 is 0. The van der Waals surface area contributed by atoms with E-state index >= 15 is 0 Å². The van der Waals surface area contributed by atoms with E-state index in [2.05, 4.69) is 0 Å². The van der Waals surface area contributed by atoms with Crippen molar-refractivity contribution in [3.05, 3.63) is 0 Å². The molecule has 2 atom stereocenters. The van der Waals surface area contributed by atoms with E-state index < -0.39 is 0 Å². The number of rotatable bonds is 3. The molecular formula is C12H21B. The SMILES string of the molecule is [B][C@@H]1CCCC1CCC1CCCC1. The summed E-state index contributed by atoms with van der Waals surface area (Å²) in [7, 11) is 6.06. The zero-order valence-electron chi connectivity index (χ0n) is 8.67. The van der Waals surface area contributed by atoms with Crippen LogP contribution >= 0.6 is 0 Å². The Morgan fingerprint density at radius 3 is 2.23 bits per heavy atom. The zero-order chi connectivity index (χ0) is 9.10. The highest BCUT2D eigenvalue weighted by Gasteiger charge is 2.24. The Labute approximate surface area is 83.9 Å².